The van der Waals surface area contributed by atoms with E-state index in [0.717, 1.165) is 19.3 Å². The molecule has 1 fully saturated rings. The minimum absolute atomic E-state index is 0.0420. The minimum atomic E-state index is -0.360. The van der Waals surface area contributed by atoms with E-state index in [1.54, 1.807) is 0 Å². The lowest BCUT2D eigenvalue weighted by Gasteiger charge is -2.28. The van der Waals surface area contributed by atoms with Gasteiger partial charge in [0.25, 0.3) is 0 Å². The monoisotopic (exact) mass is 365 g/mol. The summed E-state index contributed by atoms with van der Waals surface area (Å²) in [4.78, 5) is 12.3. The van der Waals surface area contributed by atoms with Gasteiger partial charge in [-0.3, -0.25) is 0 Å². The molecule has 0 aromatic heterocycles. The first kappa shape index (κ1) is 18.1. The van der Waals surface area contributed by atoms with E-state index < -0.39 is 0 Å². The van der Waals surface area contributed by atoms with Gasteiger partial charge in [0.05, 0.1) is 0 Å². The zero-order valence-electron chi connectivity index (χ0n) is 15.6. The van der Waals surface area contributed by atoms with Crippen LogP contribution in [0.1, 0.15) is 49.1 Å². The number of carbonyl (C=O) groups is 1. The largest absolute Gasteiger partial charge is 0.449 e. The maximum atomic E-state index is 12.3. The molecule has 0 bridgehead atoms. The summed E-state index contributed by atoms with van der Waals surface area (Å²) >= 11 is 0. The summed E-state index contributed by atoms with van der Waals surface area (Å²) in [5.74, 6) is 0.0843. The first-order valence-corrected chi connectivity index (χ1v) is 9.92. The number of fused-ring (bicyclic) bond motifs is 3. The second-order valence-electron chi connectivity index (χ2n) is 7.86. The highest BCUT2D eigenvalue weighted by molar-refractivity contribution is 5.79. The molecule has 142 valence electrons. The lowest BCUT2D eigenvalue weighted by Crippen LogP contribution is -2.37. The van der Waals surface area contributed by atoms with Gasteiger partial charge in [-0.1, -0.05) is 61.4 Å². The highest BCUT2D eigenvalue weighted by Gasteiger charge is 2.34. The lowest BCUT2D eigenvalue weighted by atomic mass is 9.83. The molecule has 2 aliphatic carbocycles. The Labute approximate surface area is 160 Å². The summed E-state index contributed by atoms with van der Waals surface area (Å²) < 4.78 is 5.61. The van der Waals surface area contributed by atoms with Crippen molar-refractivity contribution in [2.75, 3.05) is 19.8 Å². The standard InChI is InChI=1S/C23H27NO3/c25-14-13-23(11-5-6-12-23)16-24-22(26)27-15-21-19-9-3-1-7-17(19)18-8-2-4-10-20(18)21/h1-4,7-10,21,25H,5-6,11-16H2,(H,24,26). The zero-order valence-corrected chi connectivity index (χ0v) is 15.6. The third-order valence-electron chi connectivity index (χ3n) is 6.26. The number of rotatable bonds is 6. The molecule has 0 saturated heterocycles. The van der Waals surface area contributed by atoms with Gasteiger partial charge in [0, 0.05) is 19.1 Å². The number of aliphatic hydroxyl groups excluding tert-OH is 1. The molecule has 1 saturated carbocycles. The Kier molecular flexibility index (Phi) is 5.17. The third kappa shape index (κ3) is 3.59. The second kappa shape index (κ2) is 7.73. The van der Waals surface area contributed by atoms with Gasteiger partial charge in [-0.25, -0.2) is 4.79 Å². The van der Waals surface area contributed by atoms with E-state index in [9.17, 15) is 9.90 Å². The van der Waals surface area contributed by atoms with E-state index in [1.165, 1.54) is 35.1 Å². The quantitative estimate of drug-likeness (QED) is 0.794. The van der Waals surface area contributed by atoms with Crippen LogP contribution in [0.5, 0.6) is 0 Å². The number of hydrogen-bond acceptors (Lipinski definition) is 3. The highest BCUT2D eigenvalue weighted by atomic mass is 16.5. The molecule has 2 aromatic rings. The van der Waals surface area contributed by atoms with E-state index in [2.05, 4.69) is 29.6 Å². The average Bonchev–Trinajstić information content (AvgIpc) is 3.28. The highest BCUT2D eigenvalue weighted by Crippen LogP contribution is 2.44. The van der Waals surface area contributed by atoms with Crippen LogP contribution in [0.4, 0.5) is 4.79 Å². The summed E-state index contributed by atoms with van der Waals surface area (Å²) in [6, 6.07) is 16.7. The predicted molar refractivity (Wildman–Crippen MR) is 106 cm³/mol. The van der Waals surface area contributed by atoms with Crippen molar-refractivity contribution in [3.05, 3.63) is 59.7 Å². The smallest absolute Gasteiger partial charge is 0.407 e. The van der Waals surface area contributed by atoms with Crippen molar-refractivity contribution in [3.63, 3.8) is 0 Å². The Bertz CT molecular complexity index is 765. The van der Waals surface area contributed by atoms with Crippen LogP contribution in [-0.4, -0.2) is 31.0 Å². The number of carbonyl (C=O) groups excluding carboxylic acids is 1. The fourth-order valence-electron chi connectivity index (χ4n) is 4.79. The normalized spacial score (nSPS) is 17.4. The Hall–Kier alpha value is -2.33. The lowest BCUT2D eigenvalue weighted by molar-refractivity contribution is 0.129. The van der Waals surface area contributed by atoms with Crippen molar-refractivity contribution >= 4 is 6.09 Å². The fraction of sp³-hybridized carbons (Fsp3) is 0.435. The molecule has 4 heteroatoms. The van der Waals surface area contributed by atoms with Gasteiger partial charge in [0.2, 0.25) is 0 Å². The van der Waals surface area contributed by atoms with Crippen molar-refractivity contribution < 1.29 is 14.6 Å². The first-order valence-electron chi connectivity index (χ1n) is 9.92. The average molecular weight is 365 g/mol. The van der Waals surface area contributed by atoms with Crippen LogP contribution >= 0.6 is 0 Å². The van der Waals surface area contributed by atoms with Crippen LogP contribution in [0, 0.1) is 5.41 Å². The summed E-state index contributed by atoms with van der Waals surface area (Å²) in [5.41, 5.74) is 4.95. The molecule has 0 heterocycles. The first-order chi connectivity index (χ1) is 13.2. The number of nitrogens with one attached hydrogen (secondary N) is 1. The van der Waals surface area contributed by atoms with Gasteiger partial charge in [-0.05, 0) is 46.9 Å². The molecular formula is C23H27NO3. The van der Waals surface area contributed by atoms with Crippen molar-refractivity contribution in [1.82, 2.24) is 5.32 Å². The zero-order chi connectivity index (χ0) is 18.7. The van der Waals surface area contributed by atoms with Gasteiger partial charge < -0.3 is 15.2 Å². The van der Waals surface area contributed by atoms with Crippen molar-refractivity contribution in [2.45, 2.75) is 38.0 Å². The molecular weight excluding hydrogens is 338 g/mol. The molecule has 2 aliphatic rings. The van der Waals surface area contributed by atoms with Gasteiger partial charge in [-0.15, -0.1) is 0 Å². The molecule has 0 radical (unpaired) electrons. The maximum Gasteiger partial charge on any atom is 0.407 e. The summed E-state index contributed by atoms with van der Waals surface area (Å²) in [5, 5.41) is 12.3. The van der Waals surface area contributed by atoms with Crippen molar-refractivity contribution in [3.8, 4) is 11.1 Å². The molecule has 4 nitrogen and oxygen atoms in total. The van der Waals surface area contributed by atoms with E-state index in [4.69, 9.17) is 4.74 Å². The molecule has 1 amide bonds. The molecule has 2 aromatic carbocycles. The van der Waals surface area contributed by atoms with Crippen LogP contribution in [-0.2, 0) is 4.74 Å². The van der Waals surface area contributed by atoms with Crippen LogP contribution in [0.2, 0.25) is 0 Å². The molecule has 27 heavy (non-hydrogen) atoms. The summed E-state index contributed by atoms with van der Waals surface area (Å²) in [6.45, 7) is 1.10. The molecule has 4 rings (SSSR count). The summed E-state index contributed by atoms with van der Waals surface area (Å²) in [6.07, 6.45) is 4.87. The topological polar surface area (TPSA) is 58.6 Å². The number of amides is 1. The van der Waals surface area contributed by atoms with Gasteiger partial charge in [0.1, 0.15) is 6.61 Å². The fourth-order valence-corrected chi connectivity index (χ4v) is 4.79. The minimum Gasteiger partial charge on any atom is -0.449 e. The molecule has 0 spiro atoms. The van der Waals surface area contributed by atoms with Crippen LogP contribution < -0.4 is 5.32 Å². The maximum absolute atomic E-state index is 12.3. The Morgan fingerprint density at radius 1 is 1.04 bits per heavy atom. The Balaban J connectivity index is 1.39. The third-order valence-corrected chi connectivity index (χ3v) is 6.26. The van der Waals surface area contributed by atoms with Crippen LogP contribution in [0.3, 0.4) is 0 Å². The van der Waals surface area contributed by atoms with Gasteiger partial charge >= 0.3 is 6.09 Å². The number of hydrogen-bond donors (Lipinski definition) is 2. The van der Waals surface area contributed by atoms with Crippen LogP contribution in [0.15, 0.2) is 48.5 Å². The number of aliphatic hydroxyl groups is 1. The number of ether oxygens (including phenoxy) is 1. The van der Waals surface area contributed by atoms with Gasteiger partial charge in [0.15, 0.2) is 0 Å². The van der Waals surface area contributed by atoms with E-state index in [1.807, 2.05) is 24.3 Å². The van der Waals surface area contributed by atoms with Crippen molar-refractivity contribution in [1.29, 1.82) is 0 Å². The van der Waals surface area contributed by atoms with Crippen LogP contribution in [0.25, 0.3) is 11.1 Å². The predicted octanol–water partition coefficient (Wildman–Crippen LogP) is 4.47. The Morgan fingerprint density at radius 3 is 2.22 bits per heavy atom. The van der Waals surface area contributed by atoms with E-state index >= 15 is 0 Å². The Morgan fingerprint density at radius 2 is 1.63 bits per heavy atom. The van der Waals surface area contributed by atoms with E-state index in [-0.39, 0.29) is 24.0 Å². The van der Waals surface area contributed by atoms with E-state index in [0.29, 0.717) is 13.2 Å². The number of benzene rings is 2. The summed E-state index contributed by atoms with van der Waals surface area (Å²) in [7, 11) is 0. The molecule has 0 atom stereocenters. The second-order valence-corrected chi connectivity index (χ2v) is 7.86. The van der Waals surface area contributed by atoms with Gasteiger partial charge in [-0.2, -0.15) is 0 Å². The molecule has 2 N–H and O–H groups in total. The van der Waals surface area contributed by atoms with Crippen molar-refractivity contribution in [2.24, 2.45) is 5.41 Å². The SMILES string of the molecule is O=C(NCC1(CCO)CCCC1)OCC1c2ccccc2-c2ccccc21. The molecule has 0 aliphatic heterocycles. The number of alkyl carbamates (subject to hydrolysis) is 1. The molecule has 0 unspecified atom stereocenters.